The van der Waals surface area contributed by atoms with Crippen molar-refractivity contribution in [2.24, 2.45) is 13.0 Å². The van der Waals surface area contributed by atoms with E-state index in [9.17, 15) is 9.90 Å². The molecule has 1 heterocycles. The Balaban J connectivity index is 2.08. The van der Waals surface area contributed by atoms with Crippen molar-refractivity contribution in [3.8, 4) is 0 Å². The number of carboxylic acids is 1. The summed E-state index contributed by atoms with van der Waals surface area (Å²) >= 11 is 5.82. The van der Waals surface area contributed by atoms with Crippen LogP contribution in [-0.2, 0) is 24.7 Å². The number of carboxylic acid groups (broad SMARTS) is 1. The average molecular weight is 279 g/mol. The van der Waals surface area contributed by atoms with Crippen LogP contribution in [0.1, 0.15) is 11.1 Å². The zero-order chi connectivity index (χ0) is 13.8. The van der Waals surface area contributed by atoms with Crippen LogP contribution in [-0.4, -0.2) is 20.9 Å². The van der Waals surface area contributed by atoms with Crippen molar-refractivity contribution in [1.82, 2.24) is 9.78 Å². The number of hydrogen-bond acceptors (Lipinski definition) is 2. The molecular formula is C14H15ClN2O2. The monoisotopic (exact) mass is 278 g/mol. The van der Waals surface area contributed by atoms with Gasteiger partial charge in [0.2, 0.25) is 0 Å². The van der Waals surface area contributed by atoms with Crippen molar-refractivity contribution in [3.63, 3.8) is 0 Å². The van der Waals surface area contributed by atoms with Crippen molar-refractivity contribution >= 4 is 17.6 Å². The summed E-state index contributed by atoms with van der Waals surface area (Å²) in [6.07, 6.45) is 4.52. The lowest BCUT2D eigenvalue weighted by Crippen LogP contribution is -2.19. The second kappa shape index (κ2) is 5.89. The normalized spacial score (nSPS) is 12.3. The molecule has 5 heteroatoms. The van der Waals surface area contributed by atoms with Crippen LogP contribution in [0.25, 0.3) is 0 Å². The Morgan fingerprint density at radius 1 is 1.32 bits per heavy atom. The highest BCUT2D eigenvalue weighted by atomic mass is 35.5. The molecule has 100 valence electrons. The minimum Gasteiger partial charge on any atom is -0.481 e. The Kier molecular flexibility index (Phi) is 4.22. The molecule has 2 aromatic rings. The van der Waals surface area contributed by atoms with Gasteiger partial charge in [-0.3, -0.25) is 9.48 Å². The van der Waals surface area contributed by atoms with E-state index in [4.69, 9.17) is 11.6 Å². The van der Waals surface area contributed by atoms with Crippen LogP contribution in [0, 0.1) is 5.92 Å². The smallest absolute Gasteiger partial charge is 0.307 e. The molecule has 19 heavy (non-hydrogen) atoms. The molecule has 0 aliphatic carbocycles. The van der Waals surface area contributed by atoms with Gasteiger partial charge in [-0.15, -0.1) is 0 Å². The molecule has 1 N–H and O–H groups in total. The Labute approximate surface area is 116 Å². The number of halogens is 1. The molecule has 0 bridgehead atoms. The molecule has 0 radical (unpaired) electrons. The van der Waals surface area contributed by atoms with Crippen molar-refractivity contribution in [1.29, 1.82) is 0 Å². The van der Waals surface area contributed by atoms with E-state index < -0.39 is 11.9 Å². The second-order valence-electron chi connectivity index (χ2n) is 4.59. The number of aryl methyl sites for hydroxylation is 1. The number of rotatable bonds is 5. The lowest BCUT2D eigenvalue weighted by molar-refractivity contribution is -0.141. The molecule has 0 aliphatic rings. The van der Waals surface area contributed by atoms with Gasteiger partial charge < -0.3 is 5.11 Å². The molecule has 0 saturated carbocycles. The van der Waals surface area contributed by atoms with Crippen LogP contribution >= 0.6 is 11.6 Å². The van der Waals surface area contributed by atoms with Crippen LogP contribution in [0.2, 0.25) is 5.02 Å². The maximum absolute atomic E-state index is 11.3. The lowest BCUT2D eigenvalue weighted by Gasteiger charge is -2.11. The molecule has 1 unspecified atom stereocenters. The van der Waals surface area contributed by atoms with Gasteiger partial charge in [-0.1, -0.05) is 23.7 Å². The minimum absolute atomic E-state index is 0.453. The van der Waals surface area contributed by atoms with Crippen LogP contribution in [0.4, 0.5) is 0 Å². The van der Waals surface area contributed by atoms with Gasteiger partial charge in [0.25, 0.3) is 0 Å². The predicted octanol–water partition coefficient (Wildman–Crippen LogP) is 2.56. The minimum atomic E-state index is -0.793. The molecule has 1 atom stereocenters. The fraction of sp³-hybridized carbons (Fsp3) is 0.286. The van der Waals surface area contributed by atoms with Crippen LogP contribution in [0.5, 0.6) is 0 Å². The van der Waals surface area contributed by atoms with Gasteiger partial charge in [0.05, 0.1) is 12.1 Å². The van der Waals surface area contributed by atoms with Gasteiger partial charge in [-0.25, -0.2) is 0 Å². The topological polar surface area (TPSA) is 55.1 Å². The molecule has 0 aliphatic heterocycles. The van der Waals surface area contributed by atoms with E-state index in [2.05, 4.69) is 5.10 Å². The third kappa shape index (κ3) is 3.83. The van der Waals surface area contributed by atoms with Crippen LogP contribution < -0.4 is 0 Å². The van der Waals surface area contributed by atoms with Crippen LogP contribution in [0.15, 0.2) is 36.7 Å². The third-order valence-corrected chi connectivity index (χ3v) is 3.24. The molecule has 4 nitrogen and oxygen atoms in total. The van der Waals surface area contributed by atoms with Gasteiger partial charge in [0.15, 0.2) is 0 Å². The Morgan fingerprint density at radius 2 is 1.95 bits per heavy atom. The summed E-state index contributed by atoms with van der Waals surface area (Å²) in [4.78, 5) is 11.3. The summed E-state index contributed by atoms with van der Waals surface area (Å²) in [6.45, 7) is 0. The van der Waals surface area contributed by atoms with E-state index in [0.29, 0.717) is 17.9 Å². The highest BCUT2D eigenvalue weighted by Gasteiger charge is 2.19. The first kappa shape index (κ1) is 13.6. The number of aromatic nitrogens is 2. The summed E-state index contributed by atoms with van der Waals surface area (Å²) in [5, 5.41) is 14.0. The molecule has 1 aromatic carbocycles. The lowest BCUT2D eigenvalue weighted by atomic mass is 9.94. The Hall–Kier alpha value is -1.81. The quantitative estimate of drug-likeness (QED) is 0.914. The van der Waals surface area contributed by atoms with Crippen molar-refractivity contribution in [2.45, 2.75) is 12.8 Å². The number of benzene rings is 1. The highest BCUT2D eigenvalue weighted by Crippen LogP contribution is 2.17. The fourth-order valence-electron chi connectivity index (χ4n) is 2.01. The zero-order valence-corrected chi connectivity index (χ0v) is 11.3. The van der Waals surface area contributed by atoms with Gasteiger partial charge in [0, 0.05) is 18.3 Å². The van der Waals surface area contributed by atoms with E-state index >= 15 is 0 Å². The molecular weight excluding hydrogens is 264 g/mol. The molecule has 0 fully saturated rings. The molecule has 0 saturated heterocycles. The molecule has 1 aromatic heterocycles. The summed E-state index contributed by atoms with van der Waals surface area (Å²) < 4.78 is 1.68. The standard InChI is InChI=1S/C14H15ClN2O2/c1-17-9-11(8-16-17)7-12(14(18)19)6-10-2-4-13(15)5-3-10/h2-5,8-9,12H,6-7H2,1H3,(H,18,19). The number of aliphatic carboxylic acids is 1. The highest BCUT2D eigenvalue weighted by molar-refractivity contribution is 6.30. The van der Waals surface area contributed by atoms with E-state index in [-0.39, 0.29) is 0 Å². The number of hydrogen-bond donors (Lipinski definition) is 1. The summed E-state index contributed by atoms with van der Waals surface area (Å²) in [5.74, 6) is -1.25. The van der Waals surface area contributed by atoms with Crippen molar-refractivity contribution in [3.05, 3.63) is 52.8 Å². The van der Waals surface area contributed by atoms with E-state index in [0.717, 1.165) is 11.1 Å². The van der Waals surface area contributed by atoms with E-state index in [1.54, 1.807) is 23.0 Å². The van der Waals surface area contributed by atoms with Gasteiger partial charge >= 0.3 is 5.97 Å². The first-order valence-electron chi connectivity index (χ1n) is 5.99. The molecule has 2 rings (SSSR count). The SMILES string of the molecule is Cn1cc(CC(Cc2ccc(Cl)cc2)C(=O)O)cn1. The van der Waals surface area contributed by atoms with Gasteiger partial charge in [-0.05, 0) is 36.1 Å². The van der Waals surface area contributed by atoms with E-state index in [1.807, 2.05) is 25.4 Å². The summed E-state index contributed by atoms with van der Waals surface area (Å²) in [7, 11) is 1.82. The van der Waals surface area contributed by atoms with Crippen LogP contribution in [0.3, 0.4) is 0 Å². The Morgan fingerprint density at radius 3 is 2.47 bits per heavy atom. The first-order valence-corrected chi connectivity index (χ1v) is 6.37. The summed E-state index contributed by atoms with van der Waals surface area (Å²) in [6, 6.07) is 7.28. The zero-order valence-electron chi connectivity index (χ0n) is 10.6. The van der Waals surface area contributed by atoms with E-state index in [1.165, 1.54) is 0 Å². The Bertz CT molecular complexity index is 563. The maximum atomic E-state index is 11.3. The number of carbonyl (C=O) groups is 1. The summed E-state index contributed by atoms with van der Waals surface area (Å²) in [5.41, 5.74) is 1.91. The van der Waals surface area contributed by atoms with Gasteiger partial charge in [0.1, 0.15) is 0 Å². The van der Waals surface area contributed by atoms with Crippen molar-refractivity contribution < 1.29 is 9.90 Å². The van der Waals surface area contributed by atoms with Gasteiger partial charge in [-0.2, -0.15) is 5.10 Å². The molecule has 0 spiro atoms. The average Bonchev–Trinajstić information content (AvgIpc) is 2.76. The molecule has 0 amide bonds. The third-order valence-electron chi connectivity index (χ3n) is 2.99. The maximum Gasteiger partial charge on any atom is 0.307 e. The first-order chi connectivity index (χ1) is 9.04. The fourth-order valence-corrected chi connectivity index (χ4v) is 2.14. The number of nitrogens with zero attached hydrogens (tertiary/aromatic N) is 2. The van der Waals surface area contributed by atoms with Crippen molar-refractivity contribution in [2.75, 3.05) is 0 Å². The largest absolute Gasteiger partial charge is 0.481 e. The second-order valence-corrected chi connectivity index (χ2v) is 5.03. The predicted molar refractivity (Wildman–Crippen MR) is 73.2 cm³/mol.